The lowest BCUT2D eigenvalue weighted by Gasteiger charge is -2.35. The molecule has 0 unspecified atom stereocenters. The number of hydrogen-bond donors (Lipinski definition) is 1. The number of urea groups is 1. The number of rotatable bonds is 5. The first-order valence-electron chi connectivity index (χ1n) is 12.7. The van der Waals surface area contributed by atoms with E-state index < -0.39 is 0 Å². The van der Waals surface area contributed by atoms with Crippen molar-refractivity contribution < 1.29 is 4.79 Å². The number of piperazine rings is 1. The highest BCUT2D eigenvalue weighted by molar-refractivity contribution is 7.14. The average Bonchev–Trinajstić information content (AvgIpc) is 3.72. The fourth-order valence-corrected chi connectivity index (χ4v) is 5.57. The molecule has 0 aliphatic carbocycles. The zero-order valence-corrected chi connectivity index (χ0v) is 21.0. The van der Waals surface area contributed by atoms with Crippen LogP contribution in [-0.4, -0.2) is 88.2 Å². The Morgan fingerprint density at radius 2 is 1.36 bits per heavy atom. The molecule has 0 bridgehead atoms. The minimum atomic E-state index is -0.132. The van der Waals surface area contributed by atoms with Gasteiger partial charge in [0.1, 0.15) is 0 Å². The van der Waals surface area contributed by atoms with Crippen molar-refractivity contribution in [3.63, 3.8) is 0 Å². The average molecular weight is 507 g/mol. The zero-order chi connectivity index (χ0) is 24.3. The Labute approximate surface area is 214 Å². The molecule has 36 heavy (non-hydrogen) atoms. The van der Waals surface area contributed by atoms with Crippen LogP contribution in [0.3, 0.4) is 0 Å². The van der Waals surface area contributed by atoms with Crippen LogP contribution < -0.4 is 20.0 Å². The van der Waals surface area contributed by atoms with Gasteiger partial charge < -0.3 is 19.6 Å². The van der Waals surface area contributed by atoms with E-state index in [-0.39, 0.29) is 6.03 Å². The SMILES string of the molecule is O=C(Nc1nc(-c2cccnc2)cs1)N1CCN(c2nc(N3CCCC3)nc(N3CCCC3)n2)CC1. The van der Waals surface area contributed by atoms with Gasteiger partial charge in [-0.15, -0.1) is 11.3 Å². The number of pyridine rings is 1. The van der Waals surface area contributed by atoms with Gasteiger partial charge in [-0.3, -0.25) is 10.3 Å². The molecule has 1 N–H and O–H groups in total. The van der Waals surface area contributed by atoms with Crippen molar-refractivity contribution in [1.82, 2.24) is 29.8 Å². The van der Waals surface area contributed by atoms with Crippen LogP contribution in [0.5, 0.6) is 0 Å². The Kier molecular flexibility index (Phi) is 6.50. The molecule has 3 fully saturated rings. The van der Waals surface area contributed by atoms with Gasteiger partial charge in [0.05, 0.1) is 5.69 Å². The number of anilines is 4. The summed E-state index contributed by atoms with van der Waals surface area (Å²) in [5, 5.41) is 5.47. The lowest BCUT2D eigenvalue weighted by Crippen LogP contribution is -2.50. The van der Waals surface area contributed by atoms with Gasteiger partial charge >= 0.3 is 6.03 Å². The number of thiazole rings is 1. The van der Waals surface area contributed by atoms with Gasteiger partial charge in [0.2, 0.25) is 17.8 Å². The van der Waals surface area contributed by atoms with Gasteiger partial charge in [-0.1, -0.05) is 0 Å². The predicted molar refractivity (Wildman–Crippen MR) is 141 cm³/mol. The molecule has 0 radical (unpaired) electrons. The molecule has 12 heteroatoms. The first kappa shape index (κ1) is 22.9. The summed E-state index contributed by atoms with van der Waals surface area (Å²) in [5.41, 5.74) is 1.74. The van der Waals surface area contributed by atoms with E-state index in [1.165, 1.54) is 37.0 Å². The molecule has 0 spiro atoms. The Balaban J connectivity index is 1.11. The number of aromatic nitrogens is 5. The molecule has 3 aromatic heterocycles. The van der Waals surface area contributed by atoms with E-state index in [9.17, 15) is 4.79 Å². The Morgan fingerprint density at radius 3 is 1.92 bits per heavy atom. The smallest absolute Gasteiger partial charge is 0.323 e. The molecular formula is C24H30N10OS. The summed E-state index contributed by atoms with van der Waals surface area (Å²) in [6.07, 6.45) is 8.21. The summed E-state index contributed by atoms with van der Waals surface area (Å²) in [6.45, 7) is 6.52. The van der Waals surface area contributed by atoms with Crippen molar-refractivity contribution >= 4 is 40.3 Å². The van der Waals surface area contributed by atoms with Gasteiger partial charge in [-0.2, -0.15) is 15.0 Å². The number of hydrogen-bond acceptors (Lipinski definition) is 10. The molecule has 6 rings (SSSR count). The van der Waals surface area contributed by atoms with Crippen LogP contribution in [0.4, 0.5) is 27.8 Å². The summed E-state index contributed by atoms with van der Waals surface area (Å²) in [6, 6.07) is 3.70. The number of nitrogens with one attached hydrogen (secondary N) is 1. The first-order valence-corrected chi connectivity index (χ1v) is 13.5. The maximum atomic E-state index is 12.9. The van der Waals surface area contributed by atoms with Crippen LogP contribution in [0.1, 0.15) is 25.7 Å². The third-order valence-corrected chi connectivity index (χ3v) is 7.66. The van der Waals surface area contributed by atoms with E-state index in [2.05, 4.69) is 30.0 Å². The third-order valence-electron chi connectivity index (χ3n) is 6.90. The molecular weight excluding hydrogens is 476 g/mol. The molecule has 2 amide bonds. The monoisotopic (exact) mass is 506 g/mol. The molecule has 3 aliphatic heterocycles. The lowest BCUT2D eigenvalue weighted by molar-refractivity contribution is 0.208. The van der Waals surface area contributed by atoms with E-state index >= 15 is 0 Å². The highest BCUT2D eigenvalue weighted by Crippen LogP contribution is 2.26. The van der Waals surface area contributed by atoms with Crippen LogP contribution in [0.15, 0.2) is 29.9 Å². The molecule has 0 aromatic carbocycles. The third kappa shape index (κ3) is 4.90. The van der Waals surface area contributed by atoms with Crippen molar-refractivity contribution in [1.29, 1.82) is 0 Å². The Hall–Kier alpha value is -3.54. The quantitative estimate of drug-likeness (QED) is 0.559. The second-order valence-corrected chi connectivity index (χ2v) is 10.2. The highest BCUT2D eigenvalue weighted by atomic mass is 32.1. The van der Waals surface area contributed by atoms with E-state index in [0.29, 0.717) is 31.3 Å². The molecule has 0 saturated carbocycles. The van der Waals surface area contributed by atoms with Crippen LogP contribution >= 0.6 is 11.3 Å². The second-order valence-electron chi connectivity index (χ2n) is 9.31. The van der Waals surface area contributed by atoms with Crippen LogP contribution in [0.25, 0.3) is 11.3 Å². The fraction of sp³-hybridized carbons (Fsp3) is 0.500. The molecule has 11 nitrogen and oxygen atoms in total. The van der Waals surface area contributed by atoms with Crippen LogP contribution in [0, 0.1) is 0 Å². The highest BCUT2D eigenvalue weighted by Gasteiger charge is 2.27. The zero-order valence-electron chi connectivity index (χ0n) is 20.2. The number of carbonyl (C=O) groups excluding carboxylic acids is 1. The Bertz CT molecular complexity index is 1150. The van der Waals surface area contributed by atoms with Gasteiger partial charge in [0, 0.05) is 75.7 Å². The normalized spacial score (nSPS) is 18.2. The van der Waals surface area contributed by atoms with Crippen molar-refractivity contribution in [3.05, 3.63) is 29.9 Å². The summed E-state index contributed by atoms with van der Waals surface area (Å²) < 4.78 is 0. The van der Waals surface area contributed by atoms with Gasteiger partial charge in [0.25, 0.3) is 0 Å². The van der Waals surface area contributed by atoms with Crippen molar-refractivity contribution in [2.24, 2.45) is 0 Å². The molecule has 3 aromatic rings. The minimum Gasteiger partial charge on any atom is -0.341 e. The maximum Gasteiger partial charge on any atom is 0.323 e. The van der Waals surface area contributed by atoms with Crippen LogP contribution in [-0.2, 0) is 0 Å². The van der Waals surface area contributed by atoms with E-state index in [0.717, 1.165) is 55.3 Å². The number of amides is 2. The van der Waals surface area contributed by atoms with E-state index in [1.807, 2.05) is 22.4 Å². The van der Waals surface area contributed by atoms with Crippen molar-refractivity contribution in [2.45, 2.75) is 25.7 Å². The summed E-state index contributed by atoms with van der Waals surface area (Å²) >= 11 is 1.42. The second kappa shape index (κ2) is 10.2. The maximum absolute atomic E-state index is 12.9. The predicted octanol–water partition coefficient (Wildman–Crippen LogP) is 2.94. The first-order chi connectivity index (χ1) is 17.7. The van der Waals surface area contributed by atoms with E-state index in [1.54, 1.807) is 12.4 Å². The summed E-state index contributed by atoms with van der Waals surface area (Å²) in [7, 11) is 0. The standard InChI is InChI=1S/C24H30N10OS/c35-24(30-23-26-19(17-36-23)18-6-5-7-25-16-18)34-14-12-33(13-15-34)22-28-20(31-8-1-2-9-31)27-21(29-22)32-10-3-4-11-32/h5-7,16-17H,1-4,8-15H2,(H,26,30,35). The summed E-state index contributed by atoms with van der Waals surface area (Å²) in [5.74, 6) is 2.29. The molecule has 3 saturated heterocycles. The number of nitrogens with zero attached hydrogens (tertiary/aromatic N) is 9. The van der Waals surface area contributed by atoms with Gasteiger partial charge in [0.15, 0.2) is 5.13 Å². The molecule has 0 atom stereocenters. The van der Waals surface area contributed by atoms with Crippen molar-refractivity contribution in [2.75, 3.05) is 72.4 Å². The summed E-state index contributed by atoms with van der Waals surface area (Å²) in [4.78, 5) is 44.6. The fourth-order valence-electron chi connectivity index (χ4n) is 4.86. The van der Waals surface area contributed by atoms with Crippen LogP contribution in [0.2, 0.25) is 0 Å². The lowest BCUT2D eigenvalue weighted by atomic mass is 10.2. The van der Waals surface area contributed by atoms with Gasteiger partial charge in [-0.05, 0) is 37.8 Å². The molecule has 6 heterocycles. The topological polar surface area (TPSA) is 107 Å². The number of carbonyl (C=O) groups is 1. The van der Waals surface area contributed by atoms with Crippen molar-refractivity contribution in [3.8, 4) is 11.3 Å². The largest absolute Gasteiger partial charge is 0.341 e. The molecule has 188 valence electrons. The molecule has 3 aliphatic rings. The Morgan fingerprint density at radius 1 is 0.778 bits per heavy atom. The van der Waals surface area contributed by atoms with E-state index in [4.69, 9.17) is 15.0 Å². The van der Waals surface area contributed by atoms with Gasteiger partial charge in [-0.25, -0.2) is 9.78 Å². The minimum absolute atomic E-state index is 0.132.